The summed E-state index contributed by atoms with van der Waals surface area (Å²) in [6.07, 6.45) is -4.66. The fourth-order valence-corrected chi connectivity index (χ4v) is 6.43. The standard InChI is InChI=1S/C28H31N3O9/c29-27(30)31-16-7-10-38-28(8-3-4-9-28)25-22(36)21(35)23(37)26(40-25)39-24-14(16)11-15-17(20(24)34)19(33)13-6-2-1-5-12(13)18(15)32/h1-2,5-6,11,16,21-23,25-26,34-37H,3-4,7-10H2,(H4,29,30,31)/t16-,21-,22-,23+,25-,26+/m1/s1. The summed E-state index contributed by atoms with van der Waals surface area (Å²) >= 11 is 0. The zero-order valence-electron chi connectivity index (χ0n) is 21.5. The Balaban J connectivity index is 1.54. The van der Waals surface area contributed by atoms with E-state index in [1.807, 2.05) is 0 Å². The summed E-state index contributed by atoms with van der Waals surface area (Å²) < 4.78 is 18.5. The van der Waals surface area contributed by atoms with Crippen LogP contribution in [0.5, 0.6) is 11.5 Å². The normalized spacial score (nSPS) is 30.9. The molecule has 2 bridgehead atoms. The maximum atomic E-state index is 13.5. The van der Waals surface area contributed by atoms with Gasteiger partial charge in [0.1, 0.15) is 24.4 Å². The molecule has 0 radical (unpaired) electrons. The molecule has 0 aromatic heterocycles. The van der Waals surface area contributed by atoms with E-state index in [2.05, 4.69) is 4.99 Å². The van der Waals surface area contributed by atoms with Gasteiger partial charge >= 0.3 is 0 Å². The van der Waals surface area contributed by atoms with E-state index in [4.69, 9.17) is 25.7 Å². The Hall–Kier alpha value is -3.55. The predicted octanol–water partition coefficient (Wildman–Crippen LogP) is 0.402. The number of guanidine groups is 1. The molecule has 2 heterocycles. The number of aliphatic imine (C=N–C) groups is 1. The minimum Gasteiger partial charge on any atom is -0.504 e. The summed E-state index contributed by atoms with van der Waals surface area (Å²) in [6, 6.07) is 6.78. The number of hydrogen-bond donors (Lipinski definition) is 6. The number of hydrogen-bond acceptors (Lipinski definition) is 10. The van der Waals surface area contributed by atoms with Crippen molar-refractivity contribution in [2.75, 3.05) is 6.61 Å². The van der Waals surface area contributed by atoms with Crippen molar-refractivity contribution >= 4 is 17.5 Å². The highest BCUT2D eigenvalue weighted by Gasteiger charge is 2.56. The number of carbonyl (C=O) groups excluding carboxylic acids is 2. The number of nitrogens with zero attached hydrogens (tertiary/aromatic N) is 1. The van der Waals surface area contributed by atoms with Crippen molar-refractivity contribution in [2.45, 2.75) is 74.5 Å². The lowest BCUT2D eigenvalue weighted by Crippen LogP contribution is -2.65. The highest BCUT2D eigenvalue weighted by molar-refractivity contribution is 6.29. The number of fused-ring (bicyclic) bond motifs is 6. The van der Waals surface area contributed by atoms with Gasteiger partial charge < -0.3 is 46.1 Å². The summed E-state index contributed by atoms with van der Waals surface area (Å²) in [7, 11) is 0. The number of nitrogens with two attached hydrogens (primary N) is 2. The highest BCUT2D eigenvalue weighted by atomic mass is 16.7. The van der Waals surface area contributed by atoms with Crippen molar-refractivity contribution in [1.82, 2.24) is 0 Å². The molecule has 2 aliphatic heterocycles. The zero-order chi connectivity index (χ0) is 28.3. The lowest BCUT2D eigenvalue weighted by molar-refractivity contribution is -0.309. The van der Waals surface area contributed by atoms with Crippen LogP contribution in [0, 0.1) is 0 Å². The molecule has 1 spiro atoms. The molecule has 0 amide bonds. The average molecular weight is 554 g/mol. The van der Waals surface area contributed by atoms with E-state index < -0.39 is 59.7 Å². The maximum Gasteiger partial charge on any atom is 0.229 e. The van der Waals surface area contributed by atoms with Crippen LogP contribution in [0.2, 0.25) is 0 Å². The summed E-state index contributed by atoms with van der Waals surface area (Å²) in [6.45, 7) is 0.0876. The first-order valence-corrected chi connectivity index (χ1v) is 13.3. The lowest BCUT2D eigenvalue weighted by atomic mass is 9.81. The first-order valence-electron chi connectivity index (χ1n) is 13.3. The minimum atomic E-state index is -1.73. The van der Waals surface area contributed by atoms with Crippen LogP contribution < -0.4 is 16.2 Å². The van der Waals surface area contributed by atoms with Gasteiger partial charge in [0.2, 0.25) is 6.29 Å². The molecule has 2 fully saturated rings. The van der Waals surface area contributed by atoms with Gasteiger partial charge in [-0.2, -0.15) is 0 Å². The molecular weight excluding hydrogens is 522 g/mol. The molecule has 8 N–H and O–H groups in total. The lowest BCUT2D eigenvalue weighted by Gasteiger charge is -2.47. The predicted molar refractivity (Wildman–Crippen MR) is 139 cm³/mol. The van der Waals surface area contributed by atoms with Crippen molar-refractivity contribution in [3.63, 3.8) is 0 Å². The van der Waals surface area contributed by atoms with Gasteiger partial charge in [0, 0.05) is 28.9 Å². The molecule has 0 unspecified atom stereocenters. The van der Waals surface area contributed by atoms with Gasteiger partial charge in [-0.3, -0.25) is 9.59 Å². The molecule has 4 aliphatic rings. The average Bonchev–Trinajstić information content (AvgIpc) is 3.40. The second-order valence-corrected chi connectivity index (χ2v) is 10.8. The van der Waals surface area contributed by atoms with Crippen molar-refractivity contribution in [1.29, 1.82) is 0 Å². The number of ether oxygens (including phenoxy) is 3. The van der Waals surface area contributed by atoms with Gasteiger partial charge in [-0.1, -0.05) is 37.1 Å². The summed E-state index contributed by atoms with van der Waals surface area (Å²) in [5.74, 6) is -2.28. The van der Waals surface area contributed by atoms with Crippen molar-refractivity contribution in [2.24, 2.45) is 16.5 Å². The van der Waals surface area contributed by atoms with Crippen LogP contribution in [-0.2, 0) is 9.47 Å². The quantitative estimate of drug-likeness (QED) is 0.180. The number of phenols is 1. The van der Waals surface area contributed by atoms with Crippen LogP contribution in [0.25, 0.3) is 0 Å². The molecule has 212 valence electrons. The van der Waals surface area contributed by atoms with Gasteiger partial charge in [0.15, 0.2) is 29.0 Å². The van der Waals surface area contributed by atoms with Gasteiger partial charge in [-0.25, -0.2) is 4.99 Å². The Labute approximate surface area is 229 Å². The van der Waals surface area contributed by atoms with Crippen LogP contribution in [0.1, 0.15) is 75.6 Å². The van der Waals surface area contributed by atoms with Gasteiger partial charge in [0.25, 0.3) is 0 Å². The first-order chi connectivity index (χ1) is 19.1. The van der Waals surface area contributed by atoms with E-state index in [1.165, 1.54) is 18.2 Å². The third-order valence-corrected chi connectivity index (χ3v) is 8.39. The number of carbonyl (C=O) groups is 2. The minimum absolute atomic E-state index is 0.0548. The van der Waals surface area contributed by atoms with Crippen LogP contribution in [0.3, 0.4) is 0 Å². The topological polar surface area (TPSA) is 207 Å². The molecule has 2 aromatic rings. The third-order valence-electron chi connectivity index (χ3n) is 8.39. The zero-order valence-corrected chi connectivity index (χ0v) is 21.5. The number of aliphatic hydroxyl groups is 3. The van der Waals surface area contributed by atoms with E-state index in [0.717, 1.165) is 12.8 Å². The fraction of sp³-hybridized carbons (Fsp3) is 0.464. The molecule has 40 heavy (non-hydrogen) atoms. The Morgan fingerprint density at radius 2 is 1.62 bits per heavy atom. The number of ketones is 2. The van der Waals surface area contributed by atoms with E-state index in [9.17, 15) is 30.0 Å². The van der Waals surface area contributed by atoms with Crippen LogP contribution >= 0.6 is 0 Å². The molecule has 2 aliphatic carbocycles. The molecule has 12 nitrogen and oxygen atoms in total. The van der Waals surface area contributed by atoms with Crippen LogP contribution in [0.15, 0.2) is 35.3 Å². The van der Waals surface area contributed by atoms with E-state index in [-0.39, 0.29) is 52.6 Å². The molecular formula is C28H31N3O9. The molecule has 12 heteroatoms. The fourth-order valence-electron chi connectivity index (χ4n) is 6.43. The maximum absolute atomic E-state index is 13.5. The van der Waals surface area contributed by atoms with Crippen LogP contribution in [-0.4, -0.2) is 80.9 Å². The Morgan fingerprint density at radius 3 is 2.30 bits per heavy atom. The van der Waals surface area contributed by atoms with Gasteiger partial charge in [-0.05, 0) is 25.3 Å². The molecule has 1 saturated carbocycles. The third kappa shape index (κ3) is 4.06. The number of phenolic OH excluding ortho intramolecular Hbond substituents is 1. The van der Waals surface area contributed by atoms with Crippen LogP contribution in [0.4, 0.5) is 0 Å². The number of aromatic hydroxyl groups is 1. The Morgan fingerprint density at radius 1 is 0.950 bits per heavy atom. The molecule has 1 saturated heterocycles. The smallest absolute Gasteiger partial charge is 0.229 e. The SMILES string of the molecule is NC(N)=N[C@@H]1CCOC2(CCCC2)[C@@H]2O[C@H](Oc3c1cc1c(c3O)C(=O)c3ccccc3C1=O)[C@@H](O)[C@H](O)[C@H]2O. The van der Waals surface area contributed by atoms with Crippen molar-refractivity contribution in [3.8, 4) is 11.5 Å². The summed E-state index contributed by atoms with van der Waals surface area (Å²) in [5.41, 5.74) is 10.7. The number of aliphatic hydroxyl groups excluding tert-OH is 3. The van der Waals surface area contributed by atoms with Crippen molar-refractivity contribution < 1.29 is 44.2 Å². The second kappa shape index (κ2) is 9.82. The first kappa shape index (κ1) is 26.7. The van der Waals surface area contributed by atoms with Crippen molar-refractivity contribution in [3.05, 3.63) is 58.1 Å². The Kier molecular flexibility index (Phi) is 6.55. The number of benzene rings is 2. The van der Waals surface area contributed by atoms with Gasteiger partial charge in [0.05, 0.1) is 17.2 Å². The highest BCUT2D eigenvalue weighted by Crippen LogP contribution is 2.48. The summed E-state index contributed by atoms with van der Waals surface area (Å²) in [5, 5.41) is 44.1. The van der Waals surface area contributed by atoms with Gasteiger partial charge in [-0.15, -0.1) is 0 Å². The van der Waals surface area contributed by atoms with E-state index >= 15 is 0 Å². The molecule has 6 rings (SSSR count). The molecule has 2 aromatic carbocycles. The number of rotatable bonds is 1. The largest absolute Gasteiger partial charge is 0.504 e. The summed E-state index contributed by atoms with van der Waals surface area (Å²) in [4.78, 5) is 31.3. The second-order valence-electron chi connectivity index (χ2n) is 10.8. The molecule has 6 atom stereocenters. The monoisotopic (exact) mass is 553 g/mol. The Bertz CT molecular complexity index is 1400. The van der Waals surface area contributed by atoms with E-state index in [1.54, 1.807) is 12.1 Å². The van der Waals surface area contributed by atoms with E-state index in [0.29, 0.717) is 12.8 Å².